The molecule has 1 aliphatic heterocycles. The van der Waals surface area contributed by atoms with Crippen LogP contribution in [0.4, 0.5) is 0 Å². The third-order valence-corrected chi connectivity index (χ3v) is 5.55. The predicted molar refractivity (Wildman–Crippen MR) is 106 cm³/mol. The molecule has 5 nitrogen and oxygen atoms in total. The Bertz CT molecular complexity index is 385. The van der Waals surface area contributed by atoms with E-state index in [1.54, 1.807) is 0 Å². The molecular weight excluding hydrogens is 344 g/mol. The highest BCUT2D eigenvalue weighted by atomic mass is 16.6. The molecule has 0 radical (unpaired) electrons. The van der Waals surface area contributed by atoms with Gasteiger partial charge in [0.05, 0.1) is 13.2 Å². The van der Waals surface area contributed by atoms with E-state index in [0.29, 0.717) is 37.9 Å². The van der Waals surface area contributed by atoms with Crippen molar-refractivity contribution in [3.05, 3.63) is 0 Å². The van der Waals surface area contributed by atoms with Gasteiger partial charge in [0.1, 0.15) is 0 Å². The highest BCUT2D eigenvalue weighted by molar-refractivity contribution is 5.79. The highest BCUT2D eigenvalue weighted by Gasteiger charge is 2.37. The van der Waals surface area contributed by atoms with Crippen molar-refractivity contribution in [1.82, 2.24) is 0 Å². The predicted octanol–water partition coefficient (Wildman–Crippen LogP) is 5.05. The van der Waals surface area contributed by atoms with E-state index in [2.05, 4.69) is 27.7 Å². The molecule has 0 N–H and O–H groups in total. The summed E-state index contributed by atoms with van der Waals surface area (Å²) in [4.78, 5) is 24.5. The SMILES string of the molecule is CCCCC(CC)COC(=O)C1CCC(C(=O)OCC(CC)CCCC)O1. The van der Waals surface area contributed by atoms with Gasteiger partial charge in [-0.15, -0.1) is 0 Å². The Morgan fingerprint density at radius 2 is 1.22 bits per heavy atom. The molecule has 5 heteroatoms. The maximum Gasteiger partial charge on any atom is 0.335 e. The molecule has 0 aliphatic carbocycles. The summed E-state index contributed by atoms with van der Waals surface area (Å²) in [6.45, 7) is 9.46. The second-order valence-electron chi connectivity index (χ2n) is 7.78. The summed E-state index contributed by atoms with van der Waals surface area (Å²) in [5, 5.41) is 0. The lowest BCUT2D eigenvalue weighted by atomic mass is 10.0. The number of esters is 2. The first-order valence-corrected chi connectivity index (χ1v) is 11.0. The Kier molecular flexibility index (Phi) is 12.4. The summed E-state index contributed by atoms with van der Waals surface area (Å²) in [7, 11) is 0. The Hall–Kier alpha value is -1.10. The first kappa shape index (κ1) is 23.9. The van der Waals surface area contributed by atoms with Crippen molar-refractivity contribution in [3.63, 3.8) is 0 Å². The molecule has 27 heavy (non-hydrogen) atoms. The molecular formula is C22H40O5. The quantitative estimate of drug-likeness (QED) is 0.392. The summed E-state index contributed by atoms with van der Waals surface area (Å²) in [5.41, 5.74) is 0. The van der Waals surface area contributed by atoms with E-state index in [-0.39, 0.29) is 11.9 Å². The topological polar surface area (TPSA) is 61.8 Å². The fraction of sp³-hybridized carbons (Fsp3) is 0.909. The van der Waals surface area contributed by atoms with Gasteiger partial charge in [-0.3, -0.25) is 0 Å². The first-order valence-electron chi connectivity index (χ1n) is 11.0. The molecule has 1 saturated heterocycles. The van der Waals surface area contributed by atoms with Gasteiger partial charge in [0, 0.05) is 0 Å². The molecule has 0 amide bonds. The largest absolute Gasteiger partial charge is 0.463 e. The zero-order valence-electron chi connectivity index (χ0n) is 17.8. The van der Waals surface area contributed by atoms with Gasteiger partial charge in [-0.2, -0.15) is 0 Å². The molecule has 4 unspecified atom stereocenters. The monoisotopic (exact) mass is 384 g/mol. The number of unbranched alkanes of at least 4 members (excludes halogenated alkanes) is 2. The van der Waals surface area contributed by atoms with Crippen LogP contribution in [0.2, 0.25) is 0 Å². The second-order valence-corrected chi connectivity index (χ2v) is 7.78. The molecule has 1 rings (SSSR count). The summed E-state index contributed by atoms with van der Waals surface area (Å²) < 4.78 is 16.5. The summed E-state index contributed by atoms with van der Waals surface area (Å²) in [6, 6.07) is 0. The standard InChI is InChI=1S/C22H40O5/c1-5-9-11-17(7-3)15-25-21(23)19-13-14-20(27-19)22(24)26-16-18(8-4)12-10-6-2/h17-20H,5-16H2,1-4H3. The van der Waals surface area contributed by atoms with Gasteiger partial charge in [0.15, 0.2) is 12.2 Å². The van der Waals surface area contributed by atoms with E-state index in [1.807, 2.05) is 0 Å². The first-order chi connectivity index (χ1) is 13.0. The molecule has 0 aromatic carbocycles. The Morgan fingerprint density at radius 1 is 0.815 bits per heavy atom. The van der Waals surface area contributed by atoms with E-state index in [0.717, 1.165) is 51.4 Å². The van der Waals surface area contributed by atoms with Crippen LogP contribution in [0, 0.1) is 11.8 Å². The zero-order chi connectivity index (χ0) is 20.1. The lowest BCUT2D eigenvalue weighted by molar-refractivity contribution is -0.166. The van der Waals surface area contributed by atoms with Crippen LogP contribution in [0.3, 0.4) is 0 Å². The normalized spacial score (nSPS) is 21.6. The van der Waals surface area contributed by atoms with Crippen molar-refractivity contribution in [3.8, 4) is 0 Å². The molecule has 158 valence electrons. The minimum absolute atomic E-state index is 0.338. The Labute approximate surface area is 165 Å². The lowest BCUT2D eigenvalue weighted by Gasteiger charge is -2.18. The van der Waals surface area contributed by atoms with Gasteiger partial charge in [-0.05, 0) is 37.5 Å². The van der Waals surface area contributed by atoms with Crippen molar-refractivity contribution >= 4 is 11.9 Å². The van der Waals surface area contributed by atoms with E-state index in [4.69, 9.17) is 14.2 Å². The molecule has 0 spiro atoms. The number of ether oxygens (including phenoxy) is 3. The summed E-state index contributed by atoms with van der Waals surface area (Å²) in [5.74, 6) is 0.139. The van der Waals surface area contributed by atoms with Crippen molar-refractivity contribution < 1.29 is 23.8 Å². The number of hydrogen-bond donors (Lipinski definition) is 0. The molecule has 0 saturated carbocycles. The molecule has 1 fully saturated rings. The van der Waals surface area contributed by atoms with Crippen LogP contribution in [0.5, 0.6) is 0 Å². The van der Waals surface area contributed by atoms with Gasteiger partial charge in [-0.1, -0.05) is 66.2 Å². The van der Waals surface area contributed by atoms with Gasteiger partial charge in [0.2, 0.25) is 0 Å². The van der Waals surface area contributed by atoms with Crippen LogP contribution in [0.1, 0.15) is 91.9 Å². The molecule has 4 atom stereocenters. The van der Waals surface area contributed by atoms with E-state index in [1.165, 1.54) is 0 Å². The molecule has 0 aromatic heterocycles. The molecule has 1 heterocycles. The Morgan fingerprint density at radius 3 is 1.56 bits per heavy atom. The third kappa shape index (κ3) is 9.09. The maximum atomic E-state index is 12.2. The number of rotatable bonds is 14. The van der Waals surface area contributed by atoms with E-state index >= 15 is 0 Å². The van der Waals surface area contributed by atoms with Crippen LogP contribution in [-0.2, 0) is 23.8 Å². The van der Waals surface area contributed by atoms with Crippen molar-refractivity contribution in [2.24, 2.45) is 11.8 Å². The average molecular weight is 385 g/mol. The van der Waals surface area contributed by atoms with Gasteiger partial charge < -0.3 is 14.2 Å². The summed E-state index contributed by atoms with van der Waals surface area (Å²) in [6.07, 6.45) is 8.57. The Balaban J connectivity index is 2.32. The zero-order valence-corrected chi connectivity index (χ0v) is 17.8. The minimum atomic E-state index is -0.631. The van der Waals surface area contributed by atoms with Gasteiger partial charge in [-0.25, -0.2) is 9.59 Å². The molecule has 0 bridgehead atoms. The van der Waals surface area contributed by atoms with Crippen molar-refractivity contribution in [1.29, 1.82) is 0 Å². The van der Waals surface area contributed by atoms with Crippen LogP contribution in [0.25, 0.3) is 0 Å². The van der Waals surface area contributed by atoms with E-state index in [9.17, 15) is 9.59 Å². The number of carbonyl (C=O) groups excluding carboxylic acids is 2. The minimum Gasteiger partial charge on any atom is -0.463 e. The van der Waals surface area contributed by atoms with Crippen LogP contribution in [0.15, 0.2) is 0 Å². The number of carbonyl (C=O) groups is 2. The number of hydrogen-bond acceptors (Lipinski definition) is 5. The van der Waals surface area contributed by atoms with Crippen LogP contribution >= 0.6 is 0 Å². The molecule has 1 aliphatic rings. The van der Waals surface area contributed by atoms with Gasteiger partial charge in [0.25, 0.3) is 0 Å². The third-order valence-electron chi connectivity index (χ3n) is 5.55. The van der Waals surface area contributed by atoms with Gasteiger partial charge >= 0.3 is 11.9 Å². The molecule has 0 aromatic rings. The van der Waals surface area contributed by atoms with Crippen LogP contribution < -0.4 is 0 Å². The average Bonchev–Trinajstić information content (AvgIpc) is 3.18. The van der Waals surface area contributed by atoms with Crippen molar-refractivity contribution in [2.75, 3.05) is 13.2 Å². The second kappa shape index (κ2) is 14.0. The fourth-order valence-corrected chi connectivity index (χ4v) is 3.37. The van der Waals surface area contributed by atoms with Crippen molar-refractivity contribution in [2.45, 2.75) is 104 Å². The highest BCUT2D eigenvalue weighted by Crippen LogP contribution is 2.23. The lowest BCUT2D eigenvalue weighted by Crippen LogP contribution is -2.30. The fourth-order valence-electron chi connectivity index (χ4n) is 3.37. The smallest absolute Gasteiger partial charge is 0.335 e. The van der Waals surface area contributed by atoms with Crippen LogP contribution in [-0.4, -0.2) is 37.4 Å². The summed E-state index contributed by atoms with van der Waals surface area (Å²) >= 11 is 0. The maximum absolute atomic E-state index is 12.2. The van der Waals surface area contributed by atoms with E-state index < -0.39 is 12.2 Å².